The molecule has 270 valence electrons. The molecule has 0 radical (unpaired) electrons. The lowest BCUT2D eigenvalue weighted by Crippen LogP contribution is -1.97. The van der Waals surface area contributed by atoms with Gasteiger partial charge in [0.1, 0.15) is 0 Å². The van der Waals surface area contributed by atoms with E-state index in [1.807, 2.05) is 12.1 Å². The van der Waals surface area contributed by atoms with Crippen LogP contribution in [0.1, 0.15) is 0 Å². The molecule has 0 bridgehead atoms. The van der Waals surface area contributed by atoms with Crippen molar-refractivity contribution in [3.63, 3.8) is 0 Å². The van der Waals surface area contributed by atoms with Crippen molar-refractivity contribution in [3.05, 3.63) is 206 Å². The van der Waals surface area contributed by atoms with Crippen LogP contribution in [-0.4, -0.2) is 19.1 Å². The van der Waals surface area contributed by atoms with Gasteiger partial charge in [0.05, 0.1) is 33.3 Å². The zero-order chi connectivity index (χ0) is 38.2. The Kier molecular flexibility index (Phi) is 7.20. The highest BCUT2D eigenvalue weighted by molar-refractivity contribution is 6.22. The average Bonchev–Trinajstić information content (AvgIpc) is 3.82. The van der Waals surface area contributed by atoms with E-state index in [-0.39, 0.29) is 0 Å². The van der Waals surface area contributed by atoms with E-state index in [1.54, 1.807) is 0 Å². The second-order valence-electron chi connectivity index (χ2n) is 15.0. The SMILES string of the molecule is c1ccc(-c2nc(-c3ccc(-n4c5ccc(-c6ccc7c(c6)c6ccccc6n7-c6ccccc6)cc5c5c6ccccc6ccc54)cc3)nc3ccccc23)cc1. The van der Waals surface area contributed by atoms with Crippen molar-refractivity contribution in [1.29, 1.82) is 0 Å². The van der Waals surface area contributed by atoms with E-state index in [2.05, 4.69) is 203 Å². The maximum Gasteiger partial charge on any atom is 0.160 e. The summed E-state index contributed by atoms with van der Waals surface area (Å²) in [6, 6.07) is 73.9. The normalized spacial score (nSPS) is 11.8. The molecule has 0 aliphatic rings. The van der Waals surface area contributed by atoms with Crippen molar-refractivity contribution in [3.8, 4) is 45.1 Å². The van der Waals surface area contributed by atoms with Gasteiger partial charge in [-0.15, -0.1) is 0 Å². The van der Waals surface area contributed by atoms with Crippen molar-refractivity contribution in [2.45, 2.75) is 0 Å². The molecule has 0 fully saturated rings. The summed E-state index contributed by atoms with van der Waals surface area (Å²) in [5.41, 5.74) is 13.3. The number of para-hydroxylation sites is 3. The fraction of sp³-hybridized carbons (Fsp3) is 0. The lowest BCUT2D eigenvalue weighted by molar-refractivity contribution is 1.17. The van der Waals surface area contributed by atoms with Gasteiger partial charge in [-0.1, -0.05) is 127 Å². The second kappa shape index (κ2) is 12.9. The molecule has 4 heteroatoms. The Balaban J connectivity index is 1.02. The van der Waals surface area contributed by atoms with Gasteiger partial charge < -0.3 is 9.13 Å². The molecule has 0 saturated carbocycles. The summed E-state index contributed by atoms with van der Waals surface area (Å²) in [5.74, 6) is 0.714. The molecule has 0 unspecified atom stereocenters. The minimum absolute atomic E-state index is 0.714. The van der Waals surface area contributed by atoms with E-state index in [0.29, 0.717) is 5.82 Å². The lowest BCUT2D eigenvalue weighted by Gasteiger charge is -2.11. The van der Waals surface area contributed by atoms with Gasteiger partial charge in [-0.2, -0.15) is 0 Å². The van der Waals surface area contributed by atoms with Gasteiger partial charge in [-0.25, -0.2) is 9.97 Å². The summed E-state index contributed by atoms with van der Waals surface area (Å²) < 4.78 is 4.77. The van der Waals surface area contributed by atoms with Crippen LogP contribution in [0.15, 0.2) is 206 Å². The van der Waals surface area contributed by atoms with Gasteiger partial charge in [0.15, 0.2) is 5.82 Å². The summed E-state index contributed by atoms with van der Waals surface area (Å²) in [6.45, 7) is 0. The zero-order valence-electron chi connectivity index (χ0n) is 31.4. The predicted molar refractivity (Wildman–Crippen MR) is 242 cm³/mol. The Morgan fingerprint density at radius 3 is 1.66 bits per heavy atom. The zero-order valence-corrected chi connectivity index (χ0v) is 31.4. The Morgan fingerprint density at radius 1 is 0.310 bits per heavy atom. The van der Waals surface area contributed by atoms with E-state index < -0.39 is 0 Å². The van der Waals surface area contributed by atoms with Crippen LogP contribution in [0, 0.1) is 0 Å². The molecule has 9 aromatic carbocycles. The number of hydrogen-bond acceptors (Lipinski definition) is 2. The van der Waals surface area contributed by atoms with Crippen LogP contribution in [0.3, 0.4) is 0 Å². The maximum absolute atomic E-state index is 5.14. The van der Waals surface area contributed by atoms with E-state index >= 15 is 0 Å². The van der Waals surface area contributed by atoms with Crippen LogP contribution < -0.4 is 0 Å². The third kappa shape index (κ3) is 5.02. The van der Waals surface area contributed by atoms with Crippen LogP contribution in [0.4, 0.5) is 0 Å². The van der Waals surface area contributed by atoms with Gasteiger partial charge in [0.2, 0.25) is 0 Å². The third-order valence-electron chi connectivity index (χ3n) is 11.7. The van der Waals surface area contributed by atoms with E-state index in [9.17, 15) is 0 Å². The Bertz CT molecular complexity index is 3540. The second-order valence-corrected chi connectivity index (χ2v) is 15.0. The minimum atomic E-state index is 0.714. The number of nitrogens with zero attached hydrogens (tertiary/aromatic N) is 4. The number of rotatable bonds is 5. The van der Waals surface area contributed by atoms with Crippen LogP contribution in [0.5, 0.6) is 0 Å². The van der Waals surface area contributed by atoms with Crippen molar-refractivity contribution >= 4 is 65.3 Å². The average molecular weight is 739 g/mol. The molecule has 12 aromatic rings. The van der Waals surface area contributed by atoms with E-state index in [0.717, 1.165) is 44.6 Å². The molecule has 3 aromatic heterocycles. The molecule has 0 saturated heterocycles. The van der Waals surface area contributed by atoms with Crippen LogP contribution in [-0.2, 0) is 0 Å². The van der Waals surface area contributed by atoms with Crippen molar-refractivity contribution in [1.82, 2.24) is 19.1 Å². The summed E-state index contributed by atoms with van der Waals surface area (Å²) in [6.07, 6.45) is 0. The Hall–Kier alpha value is -7.82. The van der Waals surface area contributed by atoms with Crippen LogP contribution in [0.25, 0.3) is 110 Å². The molecule has 3 heterocycles. The smallest absolute Gasteiger partial charge is 0.160 e. The van der Waals surface area contributed by atoms with Crippen molar-refractivity contribution in [2.75, 3.05) is 0 Å². The highest BCUT2D eigenvalue weighted by atomic mass is 15.0. The highest BCUT2D eigenvalue weighted by Crippen LogP contribution is 2.41. The minimum Gasteiger partial charge on any atom is -0.309 e. The number of aromatic nitrogens is 4. The Morgan fingerprint density at radius 2 is 0.862 bits per heavy atom. The largest absolute Gasteiger partial charge is 0.309 e. The number of benzene rings is 9. The third-order valence-corrected chi connectivity index (χ3v) is 11.7. The summed E-state index contributed by atoms with van der Waals surface area (Å²) in [5, 5.41) is 8.50. The first-order chi connectivity index (χ1) is 28.8. The summed E-state index contributed by atoms with van der Waals surface area (Å²) >= 11 is 0. The van der Waals surface area contributed by atoms with Crippen LogP contribution in [0.2, 0.25) is 0 Å². The fourth-order valence-electron chi connectivity index (χ4n) is 9.04. The van der Waals surface area contributed by atoms with Gasteiger partial charge in [0.25, 0.3) is 0 Å². The predicted octanol–water partition coefficient (Wildman–Crippen LogP) is 14.0. The molecule has 0 amide bonds. The molecule has 0 N–H and O–H groups in total. The molecule has 12 rings (SSSR count). The Labute approximate surface area is 334 Å². The lowest BCUT2D eigenvalue weighted by atomic mass is 9.99. The molecule has 0 atom stereocenters. The molecular weight excluding hydrogens is 705 g/mol. The fourth-order valence-corrected chi connectivity index (χ4v) is 9.04. The summed E-state index contributed by atoms with van der Waals surface area (Å²) in [4.78, 5) is 10.2. The van der Waals surface area contributed by atoms with Gasteiger partial charge in [-0.05, 0) is 101 Å². The van der Waals surface area contributed by atoms with Gasteiger partial charge in [0, 0.05) is 49.4 Å². The monoisotopic (exact) mass is 738 g/mol. The first kappa shape index (κ1) is 32.4. The molecule has 0 aliphatic carbocycles. The molecular formula is C54H34N4. The highest BCUT2D eigenvalue weighted by Gasteiger charge is 2.18. The topological polar surface area (TPSA) is 35.6 Å². The quantitative estimate of drug-likeness (QED) is 0.176. The maximum atomic E-state index is 5.14. The van der Waals surface area contributed by atoms with Gasteiger partial charge >= 0.3 is 0 Å². The standard InChI is InChI=1S/C54H34N4/c1-3-14-36(15-4-1)53-44-20-9-11-21-47(44)55-54(56-53)37-23-28-41(29-24-37)58-50-31-27-39(34-46(50)52-42-18-8-7-13-35(42)25-32-51(52)58)38-26-30-49-45(33-38)43-19-10-12-22-48(43)57(49)40-16-5-2-6-17-40/h1-34H. The van der Waals surface area contributed by atoms with Gasteiger partial charge in [-0.3, -0.25) is 0 Å². The molecule has 0 spiro atoms. The van der Waals surface area contributed by atoms with E-state index in [4.69, 9.17) is 9.97 Å². The van der Waals surface area contributed by atoms with Crippen molar-refractivity contribution < 1.29 is 0 Å². The molecule has 4 nitrogen and oxygen atoms in total. The number of fused-ring (bicyclic) bond motifs is 9. The van der Waals surface area contributed by atoms with Crippen LogP contribution >= 0.6 is 0 Å². The van der Waals surface area contributed by atoms with E-state index in [1.165, 1.54) is 60.0 Å². The number of hydrogen-bond donors (Lipinski definition) is 0. The van der Waals surface area contributed by atoms with Crippen molar-refractivity contribution in [2.24, 2.45) is 0 Å². The first-order valence-corrected chi connectivity index (χ1v) is 19.7. The molecule has 0 aliphatic heterocycles. The molecule has 58 heavy (non-hydrogen) atoms. The first-order valence-electron chi connectivity index (χ1n) is 19.7. The summed E-state index contributed by atoms with van der Waals surface area (Å²) in [7, 11) is 0.